The fourth-order valence-electron chi connectivity index (χ4n) is 2.91. The molecule has 1 aliphatic carbocycles. The van der Waals surface area contributed by atoms with Gasteiger partial charge in [-0.3, -0.25) is 4.79 Å². The van der Waals surface area contributed by atoms with Crippen molar-refractivity contribution in [3.63, 3.8) is 0 Å². The summed E-state index contributed by atoms with van der Waals surface area (Å²) in [5, 5.41) is 0. The van der Waals surface area contributed by atoms with Crippen molar-refractivity contribution < 1.29 is 4.79 Å². The summed E-state index contributed by atoms with van der Waals surface area (Å²) in [7, 11) is 0. The van der Waals surface area contributed by atoms with Crippen molar-refractivity contribution in [2.45, 2.75) is 85.5 Å². The first-order chi connectivity index (χ1) is 7.96. The Morgan fingerprint density at radius 1 is 1.06 bits per heavy atom. The fraction of sp³-hybridized carbons (Fsp3) is 0.938. The summed E-state index contributed by atoms with van der Waals surface area (Å²) in [5.41, 5.74) is 0.217. The van der Waals surface area contributed by atoms with Crippen LogP contribution in [0, 0.1) is 10.8 Å². The van der Waals surface area contributed by atoms with Crippen LogP contribution in [0.4, 0.5) is 0 Å². The average Bonchev–Trinajstić information content (AvgIpc) is 2.55. The molecule has 1 nitrogen and oxygen atoms in total. The molecule has 100 valence electrons. The van der Waals surface area contributed by atoms with Crippen molar-refractivity contribution in [1.29, 1.82) is 0 Å². The number of hydrogen-bond donors (Lipinski definition) is 0. The quantitative estimate of drug-likeness (QED) is 0.607. The standard InChI is InChI=1S/C16H30O/c1-5-15(3,4)14(17)13-16(6-2)11-9-7-8-10-12-16/h5-13H2,1-4H3. The van der Waals surface area contributed by atoms with Crippen molar-refractivity contribution in [3.05, 3.63) is 0 Å². The van der Waals surface area contributed by atoms with Gasteiger partial charge in [-0.2, -0.15) is 0 Å². The van der Waals surface area contributed by atoms with Gasteiger partial charge in [0.05, 0.1) is 0 Å². The van der Waals surface area contributed by atoms with Crippen molar-refractivity contribution in [2.75, 3.05) is 0 Å². The molecule has 0 unspecified atom stereocenters. The van der Waals surface area contributed by atoms with Crippen LogP contribution >= 0.6 is 0 Å². The lowest BCUT2D eigenvalue weighted by molar-refractivity contribution is -0.130. The number of rotatable bonds is 5. The maximum absolute atomic E-state index is 12.4. The van der Waals surface area contributed by atoms with Crippen molar-refractivity contribution >= 4 is 5.78 Å². The van der Waals surface area contributed by atoms with Crippen LogP contribution in [0.1, 0.15) is 85.5 Å². The molecule has 0 aromatic rings. The van der Waals surface area contributed by atoms with E-state index < -0.39 is 0 Å². The second-order valence-electron chi connectivity index (χ2n) is 6.61. The average molecular weight is 238 g/mol. The highest BCUT2D eigenvalue weighted by molar-refractivity contribution is 5.84. The molecular weight excluding hydrogens is 208 g/mol. The van der Waals surface area contributed by atoms with Crippen LogP contribution in [-0.4, -0.2) is 5.78 Å². The van der Waals surface area contributed by atoms with E-state index in [-0.39, 0.29) is 5.41 Å². The van der Waals surface area contributed by atoms with Gasteiger partial charge >= 0.3 is 0 Å². The number of hydrogen-bond acceptors (Lipinski definition) is 1. The van der Waals surface area contributed by atoms with Gasteiger partial charge in [0.2, 0.25) is 0 Å². The van der Waals surface area contributed by atoms with Crippen LogP contribution in [0.15, 0.2) is 0 Å². The minimum absolute atomic E-state index is 0.117. The molecule has 0 amide bonds. The predicted molar refractivity (Wildman–Crippen MR) is 74.1 cm³/mol. The van der Waals surface area contributed by atoms with Gasteiger partial charge in [-0.25, -0.2) is 0 Å². The topological polar surface area (TPSA) is 17.1 Å². The smallest absolute Gasteiger partial charge is 0.139 e. The molecule has 1 rings (SSSR count). The van der Waals surface area contributed by atoms with E-state index >= 15 is 0 Å². The number of carbonyl (C=O) groups excluding carboxylic acids is 1. The second kappa shape index (κ2) is 6.02. The maximum atomic E-state index is 12.4. The third kappa shape index (κ3) is 3.82. The van der Waals surface area contributed by atoms with E-state index in [1.807, 2.05) is 0 Å². The monoisotopic (exact) mass is 238 g/mol. The highest BCUT2D eigenvalue weighted by Gasteiger charge is 2.36. The van der Waals surface area contributed by atoms with E-state index in [0.717, 1.165) is 12.8 Å². The van der Waals surface area contributed by atoms with Gasteiger partial charge in [0.25, 0.3) is 0 Å². The van der Waals surface area contributed by atoms with Crippen LogP contribution in [-0.2, 0) is 4.79 Å². The normalized spacial score (nSPS) is 20.9. The van der Waals surface area contributed by atoms with E-state index in [9.17, 15) is 4.79 Å². The molecule has 0 spiro atoms. The third-order valence-electron chi connectivity index (χ3n) is 5.09. The van der Waals surface area contributed by atoms with Crippen molar-refractivity contribution in [3.8, 4) is 0 Å². The molecule has 0 saturated heterocycles. The van der Waals surface area contributed by atoms with Gasteiger partial charge in [-0.1, -0.05) is 59.8 Å². The summed E-state index contributed by atoms with van der Waals surface area (Å²) < 4.78 is 0. The van der Waals surface area contributed by atoms with Crippen LogP contribution in [0.3, 0.4) is 0 Å². The van der Waals surface area contributed by atoms with E-state index in [4.69, 9.17) is 0 Å². The predicted octanol–water partition coefficient (Wildman–Crippen LogP) is 5.13. The van der Waals surface area contributed by atoms with E-state index in [1.165, 1.54) is 44.9 Å². The largest absolute Gasteiger partial charge is 0.299 e. The van der Waals surface area contributed by atoms with Crippen LogP contribution in [0.2, 0.25) is 0 Å². The summed E-state index contributed by atoms with van der Waals surface area (Å²) in [5.74, 6) is 0.490. The molecule has 0 aromatic heterocycles. The Labute approximate surface area is 107 Å². The molecule has 0 atom stereocenters. The molecule has 1 saturated carbocycles. The fourth-order valence-corrected chi connectivity index (χ4v) is 2.91. The minimum atomic E-state index is -0.117. The molecule has 0 bridgehead atoms. The molecule has 0 aliphatic heterocycles. The first-order valence-corrected chi connectivity index (χ1v) is 7.49. The van der Waals surface area contributed by atoms with Crippen molar-refractivity contribution in [2.24, 2.45) is 10.8 Å². The number of ketones is 1. The lowest BCUT2D eigenvalue weighted by Gasteiger charge is -2.34. The Kier molecular flexibility index (Phi) is 5.22. The summed E-state index contributed by atoms with van der Waals surface area (Å²) in [6, 6.07) is 0. The van der Waals surface area contributed by atoms with E-state index in [2.05, 4.69) is 27.7 Å². The Morgan fingerprint density at radius 2 is 1.59 bits per heavy atom. The summed E-state index contributed by atoms with van der Waals surface area (Å²) >= 11 is 0. The summed E-state index contributed by atoms with van der Waals surface area (Å²) in [4.78, 5) is 12.4. The third-order valence-corrected chi connectivity index (χ3v) is 5.09. The Hall–Kier alpha value is -0.330. The molecule has 0 heterocycles. The maximum Gasteiger partial charge on any atom is 0.139 e. The Bertz CT molecular complexity index is 244. The second-order valence-corrected chi connectivity index (χ2v) is 6.61. The van der Waals surface area contributed by atoms with E-state index in [1.54, 1.807) is 0 Å². The molecule has 0 aromatic carbocycles. The Balaban J connectivity index is 2.70. The zero-order valence-corrected chi connectivity index (χ0v) is 12.3. The molecule has 1 fully saturated rings. The summed E-state index contributed by atoms with van der Waals surface area (Å²) in [6.45, 7) is 8.62. The van der Waals surface area contributed by atoms with Gasteiger partial charge in [0.1, 0.15) is 5.78 Å². The minimum Gasteiger partial charge on any atom is -0.299 e. The van der Waals surface area contributed by atoms with Crippen LogP contribution in [0.25, 0.3) is 0 Å². The lowest BCUT2D eigenvalue weighted by atomic mass is 9.70. The lowest BCUT2D eigenvalue weighted by Crippen LogP contribution is -2.31. The van der Waals surface area contributed by atoms with Gasteiger partial charge in [-0.15, -0.1) is 0 Å². The molecular formula is C16H30O. The molecule has 17 heavy (non-hydrogen) atoms. The number of carbonyl (C=O) groups is 1. The summed E-state index contributed by atoms with van der Waals surface area (Å²) in [6.07, 6.45) is 10.9. The van der Waals surface area contributed by atoms with E-state index in [0.29, 0.717) is 11.2 Å². The van der Waals surface area contributed by atoms with Crippen LogP contribution < -0.4 is 0 Å². The molecule has 1 heteroatoms. The highest BCUT2D eigenvalue weighted by atomic mass is 16.1. The SMILES string of the molecule is CCC1(CC(=O)C(C)(C)CC)CCCCCC1. The molecule has 1 aliphatic rings. The zero-order valence-electron chi connectivity index (χ0n) is 12.3. The van der Waals surface area contributed by atoms with Gasteiger partial charge in [0.15, 0.2) is 0 Å². The first kappa shape index (κ1) is 14.7. The van der Waals surface area contributed by atoms with Gasteiger partial charge in [-0.05, 0) is 24.7 Å². The number of Topliss-reactive ketones (excluding diaryl/α,β-unsaturated/α-hetero) is 1. The molecule has 0 radical (unpaired) electrons. The van der Waals surface area contributed by atoms with Crippen LogP contribution in [0.5, 0.6) is 0 Å². The van der Waals surface area contributed by atoms with Gasteiger partial charge < -0.3 is 0 Å². The van der Waals surface area contributed by atoms with Crippen molar-refractivity contribution in [1.82, 2.24) is 0 Å². The van der Waals surface area contributed by atoms with Gasteiger partial charge in [0, 0.05) is 11.8 Å². The molecule has 0 N–H and O–H groups in total. The first-order valence-electron chi connectivity index (χ1n) is 7.49. The Morgan fingerprint density at radius 3 is 2.00 bits per heavy atom. The zero-order chi connectivity index (χ0) is 12.9. The highest BCUT2D eigenvalue weighted by Crippen LogP contribution is 2.43.